The Morgan fingerprint density at radius 3 is 1.97 bits per heavy atom. The first kappa shape index (κ1) is 26.4. The van der Waals surface area contributed by atoms with Gasteiger partial charge >= 0.3 is 5.97 Å². The monoisotopic (exact) mass is 454 g/mol. The molecular weight excluding hydrogens is 416 g/mol. The molecule has 0 saturated carbocycles. The van der Waals surface area contributed by atoms with E-state index in [0.717, 1.165) is 28.0 Å². The van der Waals surface area contributed by atoms with E-state index in [1.165, 1.54) is 0 Å². The van der Waals surface area contributed by atoms with Crippen LogP contribution in [0.15, 0.2) is 46.8 Å². The van der Waals surface area contributed by atoms with Crippen molar-refractivity contribution in [2.45, 2.75) is 67.9 Å². The molecular formula is C28H38O5. The van der Waals surface area contributed by atoms with E-state index in [1.807, 2.05) is 66.7 Å². The number of hydrogen-bond acceptors (Lipinski definition) is 5. The minimum atomic E-state index is -0.597. The second kappa shape index (κ2) is 9.58. The van der Waals surface area contributed by atoms with E-state index in [9.17, 15) is 9.59 Å². The van der Waals surface area contributed by atoms with Crippen LogP contribution in [-0.4, -0.2) is 31.6 Å². The Morgan fingerprint density at radius 2 is 1.52 bits per heavy atom. The molecule has 33 heavy (non-hydrogen) atoms. The van der Waals surface area contributed by atoms with Crippen LogP contribution < -0.4 is 4.74 Å². The third-order valence-corrected chi connectivity index (χ3v) is 6.36. The quantitative estimate of drug-likeness (QED) is 0.287. The van der Waals surface area contributed by atoms with Gasteiger partial charge in [-0.25, -0.2) is 4.79 Å². The van der Waals surface area contributed by atoms with Crippen molar-refractivity contribution in [2.75, 3.05) is 14.2 Å². The number of ketones is 1. The lowest BCUT2D eigenvalue weighted by Crippen LogP contribution is -2.35. The number of benzene rings is 1. The first-order valence-corrected chi connectivity index (χ1v) is 11.2. The van der Waals surface area contributed by atoms with E-state index in [2.05, 4.69) is 13.8 Å². The van der Waals surface area contributed by atoms with Crippen LogP contribution in [0.25, 0.3) is 0 Å². The number of ether oxygens (including phenoxy) is 3. The summed E-state index contributed by atoms with van der Waals surface area (Å²) in [6, 6.07) is 3.68. The van der Waals surface area contributed by atoms with Crippen LogP contribution in [-0.2, 0) is 14.3 Å². The van der Waals surface area contributed by atoms with Crippen LogP contribution >= 0.6 is 0 Å². The Hall–Kier alpha value is -2.82. The summed E-state index contributed by atoms with van der Waals surface area (Å²) in [6.45, 7) is 17.3. The molecule has 1 atom stereocenters. The van der Waals surface area contributed by atoms with Crippen LogP contribution in [0.2, 0.25) is 0 Å². The molecule has 0 heterocycles. The van der Waals surface area contributed by atoms with Crippen molar-refractivity contribution in [3.63, 3.8) is 0 Å². The lowest BCUT2D eigenvalue weighted by Gasteiger charge is -2.40. The zero-order valence-corrected chi connectivity index (χ0v) is 21.9. The lowest BCUT2D eigenvalue weighted by molar-refractivity contribution is -0.149. The van der Waals surface area contributed by atoms with Gasteiger partial charge in [0.1, 0.15) is 17.1 Å². The highest BCUT2D eigenvalue weighted by atomic mass is 16.6. The van der Waals surface area contributed by atoms with Gasteiger partial charge in [0.05, 0.1) is 19.8 Å². The fourth-order valence-electron chi connectivity index (χ4n) is 4.46. The fraction of sp³-hybridized carbons (Fsp3) is 0.500. The smallest absolute Gasteiger partial charge is 0.339 e. The third-order valence-electron chi connectivity index (χ3n) is 6.36. The first-order chi connectivity index (χ1) is 15.2. The van der Waals surface area contributed by atoms with Crippen molar-refractivity contribution in [3.05, 3.63) is 63.5 Å². The zero-order chi connectivity index (χ0) is 25.3. The van der Waals surface area contributed by atoms with E-state index in [0.29, 0.717) is 16.9 Å². The van der Waals surface area contributed by atoms with Crippen LogP contribution in [0, 0.1) is 25.2 Å². The van der Waals surface area contributed by atoms with Crippen LogP contribution in [0.4, 0.5) is 0 Å². The molecule has 0 spiro atoms. The number of methoxy groups -OCH3 is 2. The summed E-state index contributed by atoms with van der Waals surface area (Å²) in [7, 11) is 3.23. The molecule has 0 aliphatic heterocycles. The van der Waals surface area contributed by atoms with Crippen LogP contribution in [0.3, 0.4) is 0 Å². The molecule has 2 rings (SSSR count). The molecule has 0 amide bonds. The predicted molar refractivity (Wildman–Crippen MR) is 131 cm³/mol. The molecule has 0 aromatic heterocycles. The van der Waals surface area contributed by atoms with E-state index >= 15 is 0 Å². The molecule has 0 bridgehead atoms. The molecule has 1 aromatic rings. The van der Waals surface area contributed by atoms with Crippen LogP contribution in [0.1, 0.15) is 70.0 Å². The number of allylic oxidation sites excluding steroid dienone is 3. The first-order valence-electron chi connectivity index (χ1n) is 11.2. The van der Waals surface area contributed by atoms with Crippen LogP contribution in [0.5, 0.6) is 5.75 Å². The van der Waals surface area contributed by atoms with E-state index in [1.54, 1.807) is 20.3 Å². The molecule has 5 heteroatoms. The Balaban J connectivity index is 2.47. The van der Waals surface area contributed by atoms with Gasteiger partial charge in [-0.2, -0.15) is 0 Å². The second-order valence-electron chi connectivity index (χ2n) is 10.3. The van der Waals surface area contributed by atoms with Gasteiger partial charge in [-0.3, -0.25) is 4.79 Å². The van der Waals surface area contributed by atoms with Crippen molar-refractivity contribution >= 4 is 11.8 Å². The zero-order valence-electron chi connectivity index (χ0n) is 21.9. The van der Waals surface area contributed by atoms with Gasteiger partial charge in [-0.1, -0.05) is 25.5 Å². The van der Waals surface area contributed by atoms with Gasteiger partial charge in [-0.15, -0.1) is 0 Å². The normalized spacial score (nSPS) is 18.6. The van der Waals surface area contributed by atoms with Crippen molar-refractivity contribution in [1.29, 1.82) is 0 Å². The maximum atomic E-state index is 13.0. The minimum absolute atomic E-state index is 0.0904. The molecule has 0 radical (unpaired) electrons. The average molecular weight is 455 g/mol. The summed E-state index contributed by atoms with van der Waals surface area (Å²) in [5, 5.41) is 0. The summed E-state index contributed by atoms with van der Waals surface area (Å²) in [5.74, 6) is 0.797. The second-order valence-corrected chi connectivity index (χ2v) is 10.3. The fourth-order valence-corrected chi connectivity index (χ4v) is 4.46. The standard InChI is InChI=1S/C28H38O5/c1-16-14-20(15-17(2)24(16)31-10)22(29)13-12-21-25(32-11)18(3)23(19(4)28(21,8)9)26(30)33-27(5,6)7/h12-15,21H,1-11H3. The Kier molecular flexibility index (Phi) is 7.67. The van der Waals surface area contributed by atoms with E-state index in [-0.39, 0.29) is 17.7 Å². The number of esters is 1. The van der Waals surface area contributed by atoms with E-state index in [4.69, 9.17) is 14.2 Å². The summed E-state index contributed by atoms with van der Waals surface area (Å²) >= 11 is 0. The maximum absolute atomic E-state index is 13.0. The van der Waals surface area contributed by atoms with E-state index < -0.39 is 11.0 Å². The molecule has 0 fully saturated rings. The summed E-state index contributed by atoms with van der Waals surface area (Å²) in [4.78, 5) is 26.0. The highest BCUT2D eigenvalue weighted by Crippen LogP contribution is 2.48. The van der Waals surface area contributed by atoms with Gasteiger partial charge in [0.25, 0.3) is 0 Å². The Labute approximate surface area is 198 Å². The van der Waals surface area contributed by atoms with Gasteiger partial charge < -0.3 is 14.2 Å². The predicted octanol–water partition coefficient (Wildman–Crippen LogP) is 6.29. The molecule has 180 valence electrons. The van der Waals surface area contributed by atoms with Crippen molar-refractivity contribution < 1.29 is 23.8 Å². The summed E-state index contributed by atoms with van der Waals surface area (Å²) < 4.78 is 16.9. The molecule has 0 N–H and O–H groups in total. The number of carbonyl (C=O) groups is 2. The van der Waals surface area contributed by atoms with Crippen molar-refractivity contribution in [2.24, 2.45) is 11.3 Å². The number of carbonyl (C=O) groups excluding carboxylic acids is 2. The largest absolute Gasteiger partial charge is 0.500 e. The van der Waals surface area contributed by atoms with Crippen molar-refractivity contribution in [1.82, 2.24) is 0 Å². The van der Waals surface area contributed by atoms with Crippen molar-refractivity contribution in [3.8, 4) is 5.75 Å². The summed E-state index contributed by atoms with van der Waals surface area (Å²) in [5.41, 5.74) is 3.58. The topological polar surface area (TPSA) is 61.8 Å². The molecule has 5 nitrogen and oxygen atoms in total. The van der Waals surface area contributed by atoms with Gasteiger partial charge in [0.15, 0.2) is 5.78 Å². The SMILES string of the molecule is COC1=C(C)C(C(=O)OC(C)(C)C)=C(C)C(C)(C)C1C=CC(=O)c1cc(C)c(OC)c(C)c1. The number of aryl methyl sites for hydroxylation is 2. The highest BCUT2D eigenvalue weighted by molar-refractivity contribution is 6.05. The third kappa shape index (κ3) is 5.40. The Morgan fingerprint density at radius 1 is 0.970 bits per heavy atom. The molecule has 1 unspecified atom stereocenters. The molecule has 1 aliphatic carbocycles. The molecule has 0 saturated heterocycles. The minimum Gasteiger partial charge on any atom is -0.500 e. The number of hydrogen-bond donors (Lipinski definition) is 0. The van der Waals surface area contributed by atoms with Gasteiger partial charge in [0.2, 0.25) is 0 Å². The Bertz CT molecular complexity index is 1020. The van der Waals surface area contributed by atoms with Gasteiger partial charge in [0, 0.05) is 17.1 Å². The van der Waals surface area contributed by atoms with Gasteiger partial charge in [-0.05, 0) is 83.2 Å². The molecule has 1 aromatic carbocycles. The molecule has 1 aliphatic rings. The maximum Gasteiger partial charge on any atom is 0.339 e. The summed E-state index contributed by atoms with van der Waals surface area (Å²) in [6.07, 6.45) is 3.49. The highest BCUT2D eigenvalue weighted by Gasteiger charge is 2.42. The average Bonchev–Trinajstić information content (AvgIpc) is 2.68. The lowest BCUT2D eigenvalue weighted by atomic mass is 9.66. The number of rotatable bonds is 6.